The van der Waals surface area contributed by atoms with E-state index in [0.717, 1.165) is 0 Å². The number of hydrogen-bond donors (Lipinski definition) is 1. The molecule has 120 valence electrons. The van der Waals surface area contributed by atoms with Gasteiger partial charge in [0, 0.05) is 23.7 Å². The Labute approximate surface area is 138 Å². The van der Waals surface area contributed by atoms with E-state index < -0.39 is 5.92 Å². The van der Waals surface area contributed by atoms with Crippen molar-refractivity contribution < 1.29 is 14.1 Å². The minimum atomic E-state index is -0.421. The summed E-state index contributed by atoms with van der Waals surface area (Å²) in [7, 11) is 0. The molecular weight excluding hydrogens is 318 g/mol. The Morgan fingerprint density at radius 1 is 1.43 bits per heavy atom. The second-order valence-electron chi connectivity index (χ2n) is 5.57. The fourth-order valence-corrected chi connectivity index (χ4v) is 2.85. The molecule has 1 saturated heterocycles. The normalized spacial score (nSPS) is 17.6. The number of hydrogen-bond acceptors (Lipinski definition) is 4. The first-order valence-electron chi connectivity index (χ1n) is 7.25. The minimum Gasteiger partial charge on any atom is -0.359 e. The van der Waals surface area contributed by atoms with Gasteiger partial charge in [0.25, 0.3) is 0 Å². The SMILES string of the molecule is Cc1noc(C)c1NC(=O)C1CC(=O)N(c2cccc(Cl)c2)C1. The zero-order chi connectivity index (χ0) is 16.6. The summed E-state index contributed by atoms with van der Waals surface area (Å²) in [6.07, 6.45) is 0.168. The van der Waals surface area contributed by atoms with Crippen molar-refractivity contribution in [3.8, 4) is 0 Å². The highest BCUT2D eigenvalue weighted by Crippen LogP contribution is 2.28. The van der Waals surface area contributed by atoms with Gasteiger partial charge >= 0.3 is 0 Å². The second kappa shape index (κ2) is 6.04. The molecule has 0 bridgehead atoms. The number of aryl methyl sites for hydroxylation is 2. The van der Waals surface area contributed by atoms with Gasteiger partial charge in [-0.1, -0.05) is 22.8 Å². The number of benzene rings is 1. The molecule has 2 heterocycles. The number of nitrogens with zero attached hydrogens (tertiary/aromatic N) is 2. The van der Waals surface area contributed by atoms with Crippen LogP contribution in [0.4, 0.5) is 11.4 Å². The molecule has 1 aliphatic heterocycles. The molecule has 1 aromatic heterocycles. The zero-order valence-electron chi connectivity index (χ0n) is 12.8. The third-order valence-corrected chi connectivity index (χ3v) is 4.13. The lowest BCUT2D eigenvalue weighted by atomic mass is 10.1. The van der Waals surface area contributed by atoms with E-state index >= 15 is 0 Å². The van der Waals surface area contributed by atoms with Crippen molar-refractivity contribution >= 4 is 34.8 Å². The van der Waals surface area contributed by atoms with Crippen molar-refractivity contribution in [3.63, 3.8) is 0 Å². The van der Waals surface area contributed by atoms with Gasteiger partial charge in [-0.2, -0.15) is 0 Å². The first kappa shape index (κ1) is 15.6. The molecule has 2 amide bonds. The Kier molecular flexibility index (Phi) is 4.09. The lowest BCUT2D eigenvalue weighted by Gasteiger charge is -2.17. The molecule has 0 radical (unpaired) electrons. The summed E-state index contributed by atoms with van der Waals surface area (Å²) in [6.45, 7) is 3.81. The maximum Gasteiger partial charge on any atom is 0.229 e. The van der Waals surface area contributed by atoms with Crippen LogP contribution in [0, 0.1) is 19.8 Å². The number of aromatic nitrogens is 1. The van der Waals surface area contributed by atoms with Crippen molar-refractivity contribution in [1.29, 1.82) is 0 Å². The van der Waals surface area contributed by atoms with Gasteiger partial charge in [0.05, 0.1) is 5.92 Å². The van der Waals surface area contributed by atoms with Crippen LogP contribution in [0.5, 0.6) is 0 Å². The van der Waals surface area contributed by atoms with Crippen molar-refractivity contribution in [2.45, 2.75) is 20.3 Å². The standard InChI is InChI=1S/C16H16ClN3O3/c1-9-15(10(2)23-19-9)18-16(22)11-6-14(21)20(8-11)13-5-3-4-12(17)7-13/h3-5,7,11H,6,8H2,1-2H3,(H,18,22). The highest BCUT2D eigenvalue weighted by molar-refractivity contribution is 6.31. The zero-order valence-corrected chi connectivity index (χ0v) is 13.6. The van der Waals surface area contributed by atoms with E-state index in [1.807, 2.05) is 0 Å². The van der Waals surface area contributed by atoms with E-state index in [9.17, 15) is 9.59 Å². The maximum absolute atomic E-state index is 12.4. The molecule has 1 atom stereocenters. The molecule has 0 aliphatic carbocycles. The summed E-state index contributed by atoms with van der Waals surface area (Å²) in [5.74, 6) is -0.175. The van der Waals surface area contributed by atoms with Crippen LogP contribution < -0.4 is 10.2 Å². The van der Waals surface area contributed by atoms with Crippen LogP contribution >= 0.6 is 11.6 Å². The Balaban J connectivity index is 1.73. The first-order valence-corrected chi connectivity index (χ1v) is 7.63. The molecule has 1 N–H and O–H groups in total. The summed E-state index contributed by atoms with van der Waals surface area (Å²) < 4.78 is 5.03. The molecule has 1 aromatic carbocycles. The molecule has 0 spiro atoms. The average Bonchev–Trinajstić information content (AvgIpc) is 3.05. The quantitative estimate of drug-likeness (QED) is 0.937. The first-order chi connectivity index (χ1) is 11.0. The molecule has 7 heteroatoms. The van der Waals surface area contributed by atoms with Crippen LogP contribution in [-0.4, -0.2) is 23.5 Å². The number of carbonyl (C=O) groups is 2. The molecule has 1 unspecified atom stereocenters. The highest BCUT2D eigenvalue weighted by atomic mass is 35.5. The maximum atomic E-state index is 12.4. The lowest BCUT2D eigenvalue weighted by Crippen LogP contribution is -2.28. The molecular formula is C16H16ClN3O3. The van der Waals surface area contributed by atoms with E-state index in [4.69, 9.17) is 16.1 Å². The van der Waals surface area contributed by atoms with Crippen molar-refractivity contribution in [2.75, 3.05) is 16.8 Å². The van der Waals surface area contributed by atoms with Crippen LogP contribution in [-0.2, 0) is 9.59 Å². The van der Waals surface area contributed by atoms with E-state index in [-0.39, 0.29) is 18.2 Å². The smallest absolute Gasteiger partial charge is 0.229 e. The summed E-state index contributed by atoms with van der Waals surface area (Å²) in [5, 5.41) is 7.16. The van der Waals surface area contributed by atoms with Crippen LogP contribution in [0.15, 0.2) is 28.8 Å². The molecule has 0 saturated carbocycles. The van der Waals surface area contributed by atoms with Crippen LogP contribution in [0.1, 0.15) is 17.9 Å². The largest absolute Gasteiger partial charge is 0.359 e. The summed E-state index contributed by atoms with van der Waals surface area (Å²) in [5.41, 5.74) is 1.89. The predicted octanol–water partition coefficient (Wildman–Crippen LogP) is 2.94. The second-order valence-corrected chi connectivity index (χ2v) is 6.01. The van der Waals surface area contributed by atoms with Crippen LogP contribution in [0.2, 0.25) is 5.02 Å². The average molecular weight is 334 g/mol. The van der Waals surface area contributed by atoms with E-state index in [1.54, 1.807) is 43.0 Å². The Bertz CT molecular complexity index is 752. The number of anilines is 2. The van der Waals surface area contributed by atoms with Gasteiger partial charge in [-0.3, -0.25) is 9.59 Å². The number of amides is 2. The molecule has 1 aliphatic rings. The van der Waals surface area contributed by atoms with E-state index in [0.29, 0.717) is 34.4 Å². The van der Waals surface area contributed by atoms with Crippen molar-refractivity contribution in [2.24, 2.45) is 5.92 Å². The Morgan fingerprint density at radius 2 is 2.22 bits per heavy atom. The number of halogens is 1. The lowest BCUT2D eigenvalue weighted by molar-refractivity contribution is -0.122. The van der Waals surface area contributed by atoms with Crippen molar-refractivity contribution in [1.82, 2.24) is 5.16 Å². The predicted molar refractivity (Wildman–Crippen MR) is 86.5 cm³/mol. The topological polar surface area (TPSA) is 75.4 Å². The summed E-state index contributed by atoms with van der Waals surface area (Å²) in [4.78, 5) is 26.2. The summed E-state index contributed by atoms with van der Waals surface area (Å²) >= 11 is 5.96. The van der Waals surface area contributed by atoms with Gasteiger partial charge in [0.15, 0.2) is 5.76 Å². The molecule has 3 rings (SSSR count). The van der Waals surface area contributed by atoms with Gasteiger partial charge in [0.1, 0.15) is 11.4 Å². The Morgan fingerprint density at radius 3 is 2.87 bits per heavy atom. The number of nitrogens with one attached hydrogen (secondary N) is 1. The number of rotatable bonds is 3. The monoisotopic (exact) mass is 333 g/mol. The summed E-state index contributed by atoms with van der Waals surface area (Å²) in [6, 6.07) is 7.04. The van der Waals surface area contributed by atoms with E-state index in [1.165, 1.54) is 0 Å². The van der Waals surface area contributed by atoms with Gasteiger partial charge < -0.3 is 14.7 Å². The van der Waals surface area contributed by atoms with Crippen LogP contribution in [0.3, 0.4) is 0 Å². The van der Waals surface area contributed by atoms with E-state index in [2.05, 4.69) is 10.5 Å². The van der Waals surface area contributed by atoms with Gasteiger partial charge in [-0.25, -0.2) is 0 Å². The molecule has 23 heavy (non-hydrogen) atoms. The minimum absolute atomic E-state index is 0.0915. The molecule has 6 nitrogen and oxygen atoms in total. The third-order valence-electron chi connectivity index (χ3n) is 3.90. The fraction of sp³-hybridized carbons (Fsp3) is 0.312. The molecule has 2 aromatic rings. The fourth-order valence-electron chi connectivity index (χ4n) is 2.66. The van der Waals surface area contributed by atoms with Gasteiger partial charge in [0.2, 0.25) is 11.8 Å². The van der Waals surface area contributed by atoms with Gasteiger partial charge in [-0.15, -0.1) is 0 Å². The van der Waals surface area contributed by atoms with Gasteiger partial charge in [-0.05, 0) is 32.0 Å². The number of carbonyl (C=O) groups excluding carboxylic acids is 2. The Hall–Kier alpha value is -2.34. The van der Waals surface area contributed by atoms with Crippen molar-refractivity contribution in [3.05, 3.63) is 40.7 Å². The van der Waals surface area contributed by atoms with Crippen LogP contribution in [0.25, 0.3) is 0 Å². The molecule has 1 fully saturated rings. The third kappa shape index (κ3) is 3.07. The highest BCUT2D eigenvalue weighted by Gasteiger charge is 2.35.